The lowest BCUT2D eigenvalue weighted by molar-refractivity contribution is -0.160. The summed E-state index contributed by atoms with van der Waals surface area (Å²) in [5.41, 5.74) is 0.118. The van der Waals surface area contributed by atoms with Gasteiger partial charge in [0, 0.05) is 12.5 Å². The highest BCUT2D eigenvalue weighted by molar-refractivity contribution is 6.03. The molecular weight excluding hydrogens is 316 g/mol. The number of benzene rings is 1. The van der Waals surface area contributed by atoms with Crippen molar-refractivity contribution in [1.82, 2.24) is 0 Å². The van der Waals surface area contributed by atoms with Crippen LogP contribution in [0.4, 0.5) is 0 Å². The Morgan fingerprint density at radius 2 is 1.62 bits per heavy atom. The van der Waals surface area contributed by atoms with E-state index >= 15 is 0 Å². The Bertz CT molecular complexity index is 634. The molecule has 1 N–H and O–H groups in total. The Hall–Kier alpha value is -2.67. The first-order valence-corrected chi connectivity index (χ1v) is 7.24. The number of aliphatic hydroxyl groups excluding tert-OH is 1. The molecule has 1 aromatic rings. The van der Waals surface area contributed by atoms with E-state index in [2.05, 4.69) is 6.58 Å². The number of hydrogen-bond acceptors (Lipinski definition) is 7. The second-order valence-corrected chi connectivity index (χ2v) is 5.15. The average molecular weight is 336 g/mol. The fraction of sp³-hybridized carbons (Fsp3) is 0.353. The molecule has 24 heavy (non-hydrogen) atoms. The van der Waals surface area contributed by atoms with Crippen LogP contribution in [0, 0.1) is 0 Å². The van der Waals surface area contributed by atoms with E-state index in [0.29, 0.717) is 0 Å². The molecule has 7 nitrogen and oxygen atoms in total. The van der Waals surface area contributed by atoms with Crippen molar-refractivity contribution in [2.24, 2.45) is 0 Å². The molecule has 7 heteroatoms. The molecule has 0 amide bonds. The third-order valence-electron chi connectivity index (χ3n) is 2.72. The van der Waals surface area contributed by atoms with Crippen molar-refractivity contribution in [1.29, 1.82) is 0 Å². The van der Waals surface area contributed by atoms with Gasteiger partial charge < -0.3 is 19.3 Å². The van der Waals surface area contributed by atoms with Gasteiger partial charge in [-0.2, -0.15) is 0 Å². The molecular formula is C17H20O7. The van der Waals surface area contributed by atoms with E-state index in [4.69, 9.17) is 19.3 Å². The molecule has 0 fully saturated rings. The molecule has 130 valence electrons. The summed E-state index contributed by atoms with van der Waals surface area (Å²) in [6.07, 6.45) is -1.97. The van der Waals surface area contributed by atoms with Crippen LogP contribution in [0.1, 0.15) is 41.5 Å². The van der Waals surface area contributed by atoms with Crippen LogP contribution in [0.3, 0.4) is 0 Å². The predicted octanol–water partition coefficient (Wildman–Crippen LogP) is 1.85. The molecule has 0 aliphatic carbocycles. The van der Waals surface area contributed by atoms with Crippen LogP contribution >= 0.6 is 0 Å². The molecule has 1 aromatic carbocycles. The fourth-order valence-electron chi connectivity index (χ4n) is 1.60. The normalized spacial score (nSPS) is 12.7. The van der Waals surface area contributed by atoms with Gasteiger partial charge in [0.05, 0.1) is 17.2 Å². The summed E-state index contributed by atoms with van der Waals surface area (Å²) in [6.45, 7) is 7.52. The lowest BCUT2D eigenvalue weighted by atomic mass is 10.1. The van der Waals surface area contributed by atoms with E-state index in [1.54, 1.807) is 12.1 Å². The molecule has 0 radical (unpaired) electrons. The summed E-state index contributed by atoms with van der Waals surface area (Å²) in [5, 5.41) is 9.15. The lowest BCUT2D eigenvalue weighted by Crippen LogP contribution is -2.24. The molecule has 2 atom stereocenters. The summed E-state index contributed by atoms with van der Waals surface area (Å²) in [5.74, 6) is -2.31. The molecule has 0 heterocycles. The quantitative estimate of drug-likeness (QED) is 0.461. The summed E-state index contributed by atoms with van der Waals surface area (Å²) < 4.78 is 14.7. The Labute approximate surface area is 139 Å². The number of esters is 3. The topological polar surface area (TPSA) is 99.1 Å². The largest absolute Gasteiger partial charge is 0.459 e. The van der Waals surface area contributed by atoms with Gasteiger partial charge in [-0.1, -0.05) is 18.7 Å². The number of carbonyl (C=O) groups is 3. The molecule has 0 aliphatic rings. The number of aliphatic hydroxyl groups is 1. The first-order valence-electron chi connectivity index (χ1n) is 7.24. The third-order valence-corrected chi connectivity index (χ3v) is 2.72. The minimum atomic E-state index is -1.15. The molecule has 0 spiro atoms. The van der Waals surface area contributed by atoms with Crippen molar-refractivity contribution in [2.45, 2.75) is 33.2 Å². The maximum atomic E-state index is 12.2. The highest BCUT2D eigenvalue weighted by Gasteiger charge is 2.22. The molecule has 0 saturated carbocycles. The molecule has 0 aliphatic heterocycles. The van der Waals surface area contributed by atoms with Gasteiger partial charge >= 0.3 is 17.9 Å². The van der Waals surface area contributed by atoms with Crippen LogP contribution < -0.4 is 0 Å². The predicted molar refractivity (Wildman–Crippen MR) is 84.2 cm³/mol. The first-order chi connectivity index (χ1) is 11.2. The van der Waals surface area contributed by atoms with Gasteiger partial charge in [-0.05, 0) is 26.0 Å². The minimum absolute atomic E-state index is 0.0124. The highest BCUT2D eigenvalue weighted by Crippen LogP contribution is 2.14. The van der Waals surface area contributed by atoms with Crippen molar-refractivity contribution in [2.75, 3.05) is 6.61 Å². The molecule has 1 rings (SSSR count). The Morgan fingerprint density at radius 1 is 1.08 bits per heavy atom. The van der Waals surface area contributed by atoms with Crippen molar-refractivity contribution < 1.29 is 33.7 Å². The minimum Gasteiger partial charge on any atom is -0.459 e. The standard InChI is InChI=1S/C17H20O7/c1-10(2)15(19)23-12(4)24-17(21)14-8-6-5-7-13(14)16(20)22-9-11(3)18/h5-8,11-12,18H,1,9H2,2-4H3. The van der Waals surface area contributed by atoms with Crippen molar-refractivity contribution in [3.63, 3.8) is 0 Å². The summed E-state index contributed by atoms with van der Waals surface area (Å²) >= 11 is 0. The zero-order chi connectivity index (χ0) is 18.3. The van der Waals surface area contributed by atoms with Gasteiger partial charge in [0.25, 0.3) is 0 Å². The number of hydrogen-bond donors (Lipinski definition) is 1. The van der Waals surface area contributed by atoms with Crippen LogP contribution in [0.5, 0.6) is 0 Å². The third kappa shape index (κ3) is 5.85. The summed E-state index contributed by atoms with van der Waals surface area (Å²) in [7, 11) is 0. The van der Waals surface area contributed by atoms with Gasteiger partial charge in [-0.15, -0.1) is 0 Å². The van der Waals surface area contributed by atoms with E-state index in [0.717, 1.165) is 0 Å². The van der Waals surface area contributed by atoms with Crippen LogP contribution in [0.15, 0.2) is 36.4 Å². The van der Waals surface area contributed by atoms with Crippen molar-refractivity contribution in [3.05, 3.63) is 47.5 Å². The fourth-order valence-corrected chi connectivity index (χ4v) is 1.60. The lowest BCUT2D eigenvalue weighted by Gasteiger charge is -2.15. The summed E-state index contributed by atoms with van der Waals surface area (Å²) in [6, 6.07) is 5.88. The zero-order valence-corrected chi connectivity index (χ0v) is 13.8. The van der Waals surface area contributed by atoms with Gasteiger partial charge in [-0.25, -0.2) is 14.4 Å². The Balaban J connectivity index is 2.82. The zero-order valence-electron chi connectivity index (χ0n) is 13.8. The smallest absolute Gasteiger partial charge is 0.342 e. The van der Waals surface area contributed by atoms with Crippen LogP contribution in [0.25, 0.3) is 0 Å². The van der Waals surface area contributed by atoms with Crippen molar-refractivity contribution in [3.8, 4) is 0 Å². The van der Waals surface area contributed by atoms with Gasteiger partial charge in [0.1, 0.15) is 6.61 Å². The van der Waals surface area contributed by atoms with Crippen LogP contribution in [-0.4, -0.2) is 42.0 Å². The number of rotatable bonds is 7. The van der Waals surface area contributed by atoms with Crippen molar-refractivity contribution >= 4 is 17.9 Å². The maximum absolute atomic E-state index is 12.2. The van der Waals surface area contributed by atoms with Gasteiger partial charge in [0.2, 0.25) is 6.29 Å². The molecule has 0 bridgehead atoms. The highest BCUT2D eigenvalue weighted by atomic mass is 16.7. The SMILES string of the molecule is C=C(C)C(=O)OC(C)OC(=O)c1ccccc1C(=O)OCC(C)O. The molecule has 0 aromatic heterocycles. The van der Waals surface area contributed by atoms with Gasteiger partial charge in [0.15, 0.2) is 0 Å². The van der Waals surface area contributed by atoms with Crippen LogP contribution in [-0.2, 0) is 19.0 Å². The maximum Gasteiger partial charge on any atom is 0.342 e. The second-order valence-electron chi connectivity index (χ2n) is 5.15. The molecule has 2 unspecified atom stereocenters. The van der Waals surface area contributed by atoms with Crippen LogP contribution in [0.2, 0.25) is 0 Å². The molecule has 0 saturated heterocycles. The first kappa shape index (κ1) is 19.4. The Morgan fingerprint density at radius 3 is 2.12 bits per heavy atom. The van der Waals surface area contributed by atoms with E-state index in [9.17, 15) is 14.4 Å². The monoisotopic (exact) mass is 336 g/mol. The average Bonchev–Trinajstić information content (AvgIpc) is 2.52. The second kappa shape index (κ2) is 8.83. The van der Waals surface area contributed by atoms with E-state index in [1.165, 1.54) is 32.9 Å². The Kier molecular flexibility index (Phi) is 7.13. The summed E-state index contributed by atoms with van der Waals surface area (Å²) in [4.78, 5) is 35.6. The van der Waals surface area contributed by atoms with Gasteiger partial charge in [-0.3, -0.25) is 0 Å². The number of ether oxygens (including phenoxy) is 3. The van der Waals surface area contributed by atoms with E-state index in [-0.39, 0.29) is 23.3 Å². The van der Waals surface area contributed by atoms with E-state index < -0.39 is 30.3 Å². The number of carbonyl (C=O) groups excluding carboxylic acids is 3. The van der Waals surface area contributed by atoms with E-state index in [1.807, 2.05) is 0 Å².